The standard InChI is InChI=1S/C24H33N3O3S2/c1-16(21(28)29)15-31-20-13-25-22(32-20)26-23(30)27(14-17-7-5-6-8-17)19-11-9-18(10-12-19)24(2,3)4/h9-13,16-17H,5-8,14-15H2,1-4H3,(H,28,29)(H,25,26,30). The number of benzene rings is 1. The summed E-state index contributed by atoms with van der Waals surface area (Å²) in [4.78, 5) is 30.4. The van der Waals surface area contributed by atoms with Crippen LogP contribution in [0.15, 0.2) is 34.7 Å². The van der Waals surface area contributed by atoms with Crippen LogP contribution in [0.2, 0.25) is 0 Å². The van der Waals surface area contributed by atoms with E-state index >= 15 is 0 Å². The molecule has 0 saturated heterocycles. The molecule has 2 aromatic rings. The maximum Gasteiger partial charge on any atom is 0.328 e. The third-order valence-corrected chi connectivity index (χ3v) is 8.17. The minimum Gasteiger partial charge on any atom is -0.481 e. The number of anilines is 2. The predicted octanol–water partition coefficient (Wildman–Crippen LogP) is 6.48. The fraction of sp³-hybridized carbons (Fsp3) is 0.542. The Hall–Kier alpha value is -2.06. The zero-order valence-corrected chi connectivity index (χ0v) is 20.9. The summed E-state index contributed by atoms with van der Waals surface area (Å²) in [5, 5.41) is 12.5. The molecule has 8 heteroatoms. The summed E-state index contributed by atoms with van der Waals surface area (Å²) in [6, 6.07) is 8.10. The van der Waals surface area contributed by atoms with Gasteiger partial charge in [-0.3, -0.25) is 15.0 Å². The van der Waals surface area contributed by atoms with Crippen LogP contribution >= 0.6 is 23.1 Å². The Balaban J connectivity index is 1.71. The van der Waals surface area contributed by atoms with Crippen LogP contribution in [-0.4, -0.2) is 34.4 Å². The summed E-state index contributed by atoms with van der Waals surface area (Å²) in [6.07, 6.45) is 6.46. The fourth-order valence-electron chi connectivity index (χ4n) is 3.72. The third kappa shape index (κ3) is 6.72. The number of aliphatic carboxylic acids is 1. The van der Waals surface area contributed by atoms with Crippen molar-refractivity contribution in [1.29, 1.82) is 0 Å². The zero-order chi connectivity index (χ0) is 23.3. The zero-order valence-electron chi connectivity index (χ0n) is 19.3. The SMILES string of the molecule is CC(CSc1cnc(NC(=O)N(CC2CCCC2)c2ccc(C(C)(C)C)cc2)s1)C(=O)O. The molecule has 1 atom stereocenters. The van der Waals surface area contributed by atoms with Crippen molar-refractivity contribution in [3.8, 4) is 0 Å². The molecule has 1 aliphatic rings. The molecule has 1 heterocycles. The van der Waals surface area contributed by atoms with Crippen LogP contribution < -0.4 is 10.2 Å². The number of hydrogen-bond donors (Lipinski definition) is 2. The lowest BCUT2D eigenvalue weighted by Crippen LogP contribution is -2.38. The van der Waals surface area contributed by atoms with Crippen LogP contribution in [0.5, 0.6) is 0 Å². The van der Waals surface area contributed by atoms with Gasteiger partial charge in [-0.1, -0.05) is 64.0 Å². The van der Waals surface area contributed by atoms with Gasteiger partial charge < -0.3 is 5.11 Å². The molecule has 1 saturated carbocycles. The minimum absolute atomic E-state index is 0.0597. The Morgan fingerprint density at radius 1 is 1.25 bits per heavy atom. The maximum absolute atomic E-state index is 13.2. The minimum atomic E-state index is -0.810. The van der Waals surface area contributed by atoms with E-state index < -0.39 is 11.9 Å². The molecule has 0 aliphatic heterocycles. The first kappa shape index (κ1) is 24.6. The number of rotatable bonds is 8. The van der Waals surface area contributed by atoms with Crippen LogP contribution in [0.3, 0.4) is 0 Å². The van der Waals surface area contributed by atoms with Crippen molar-refractivity contribution in [3.05, 3.63) is 36.0 Å². The van der Waals surface area contributed by atoms with Gasteiger partial charge >= 0.3 is 12.0 Å². The topological polar surface area (TPSA) is 82.5 Å². The third-order valence-electron chi connectivity index (χ3n) is 5.80. The van der Waals surface area contributed by atoms with Crippen LogP contribution in [0, 0.1) is 11.8 Å². The van der Waals surface area contributed by atoms with Gasteiger partial charge in [-0.05, 0) is 41.9 Å². The lowest BCUT2D eigenvalue weighted by atomic mass is 9.87. The van der Waals surface area contributed by atoms with Gasteiger partial charge in [0.25, 0.3) is 0 Å². The van der Waals surface area contributed by atoms with Crippen molar-refractivity contribution in [2.24, 2.45) is 11.8 Å². The van der Waals surface area contributed by atoms with E-state index in [9.17, 15) is 9.59 Å². The first-order valence-corrected chi connectivity index (χ1v) is 12.9. The molecule has 1 aromatic carbocycles. The number of carboxylic acid groups (broad SMARTS) is 1. The summed E-state index contributed by atoms with van der Waals surface area (Å²) < 4.78 is 0.894. The lowest BCUT2D eigenvalue weighted by molar-refractivity contribution is -0.140. The van der Waals surface area contributed by atoms with Crippen LogP contribution in [0.4, 0.5) is 15.6 Å². The molecular weight excluding hydrogens is 442 g/mol. The molecule has 2 amide bonds. The van der Waals surface area contributed by atoms with E-state index in [-0.39, 0.29) is 11.4 Å². The number of hydrogen-bond acceptors (Lipinski definition) is 5. The molecule has 6 nitrogen and oxygen atoms in total. The number of amides is 2. The maximum atomic E-state index is 13.2. The summed E-state index contributed by atoms with van der Waals surface area (Å²) in [6.45, 7) is 8.93. The average molecular weight is 476 g/mol. The number of aromatic nitrogens is 1. The molecular formula is C24H33N3O3S2. The molecule has 32 heavy (non-hydrogen) atoms. The number of urea groups is 1. The first-order chi connectivity index (χ1) is 15.1. The predicted molar refractivity (Wildman–Crippen MR) is 133 cm³/mol. The Bertz CT molecular complexity index is 915. The Labute approximate surface area is 198 Å². The largest absolute Gasteiger partial charge is 0.481 e. The molecule has 1 aliphatic carbocycles. The van der Waals surface area contributed by atoms with Gasteiger partial charge in [-0.15, -0.1) is 11.8 Å². The van der Waals surface area contributed by atoms with Crippen LogP contribution in [0.1, 0.15) is 58.9 Å². The lowest BCUT2D eigenvalue weighted by Gasteiger charge is -2.27. The van der Waals surface area contributed by atoms with E-state index in [0.29, 0.717) is 23.3 Å². The van der Waals surface area contributed by atoms with Crippen molar-refractivity contribution in [1.82, 2.24) is 4.98 Å². The molecule has 0 bridgehead atoms. The normalized spacial score (nSPS) is 15.5. The Morgan fingerprint density at radius 2 is 1.91 bits per heavy atom. The number of nitrogens with one attached hydrogen (secondary N) is 1. The highest BCUT2D eigenvalue weighted by atomic mass is 32.2. The highest BCUT2D eigenvalue weighted by Crippen LogP contribution is 2.32. The van der Waals surface area contributed by atoms with Crippen LogP contribution in [-0.2, 0) is 10.2 Å². The second-order valence-electron chi connectivity index (χ2n) is 9.52. The van der Waals surface area contributed by atoms with E-state index in [1.54, 1.807) is 13.1 Å². The summed E-state index contributed by atoms with van der Waals surface area (Å²) in [5.74, 6) is -0.254. The monoisotopic (exact) mass is 475 g/mol. The quantitative estimate of drug-likeness (QED) is 0.427. The average Bonchev–Trinajstić information content (AvgIpc) is 3.41. The second kappa shape index (κ2) is 10.7. The van der Waals surface area contributed by atoms with Crippen molar-refractivity contribution >= 4 is 45.9 Å². The van der Waals surface area contributed by atoms with E-state index in [4.69, 9.17) is 5.11 Å². The van der Waals surface area contributed by atoms with E-state index in [1.807, 2.05) is 17.0 Å². The summed E-state index contributed by atoms with van der Waals surface area (Å²) in [7, 11) is 0. The van der Waals surface area contributed by atoms with Crippen molar-refractivity contribution in [3.63, 3.8) is 0 Å². The number of carbonyl (C=O) groups is 2. The summed E-state index contributed by atoms with van der Waals surface area (Å²) >= 11 is 2.83. The van der Waals surface area contributed by atoms with Gasteiger partial charge in [0.05, 0.1) is 16.3 Å². The Morgan fingerprint density at radius 3 is 2.50 bits per heavy atom. The van der Waals surface area contributed by atoms with Crippen molar-refractivity contribution in [2.75, 3.05) is 22.5 Å². The highest BCUT2D eigenvalue weighted by Gasteiger charge is 2.25. The van der Waals surface area contributed by atoms with E-state index in [0.717, 1.165) is 22.7 Å². The van der Waals surface area contributed by atoms with Gasteiger partial charge in [-0.2, -0.15) is 0 Å². The summed E-state index contributed by atoms with van der Waals surface area (Å²) in [5.41, 5.74) is 2.19. The number of thiazole rings is 1. The van der Waals surface area contributed by atoms with Crippen LogP contribution in [0.25, 0.3) is 0 Å². The van der Waals surface area contributed by atoms with Crippen molar-refractivity contribution in [2.45, 2.75) is 63.0 Å². The van der Waals surface area contributed by atoms with Gasteiger partial charge in [0.1, 0.15) is 0 Å². The molecule has 174 valence electrons. The molecule has 3 rings (SSSR count). The number of nitrogens with zero attached hydrogens (tertiary/aromatic N) is 2. The van der Waals surface area contributed by atoms with Gasteiger partial charge in [0, 0.05) is 18.0 Å². The number of carboxylic acids is 1. The molecule has 1 aromatic heterocycles. The van der Waals surface area contributed by atoms with E-state index in [2.05, 4.69) is 43.2 Å². The van der Waals surface area contributed by atoms with Gasteiger partial charge in [0.15, 0.2) is 5.13 Å². The molecule has 1 unspecified atom stereocenters. The number of thioether (sulfide) groups is 1. The Kier molecular flexibility index (Phi) is 8.22. The van der Waals surface area contributed by atoms with E-state index in [1.165, 1.54) is 41.5 Å². The first-order valence-electron chi connectivity index (χ1n) is 11.1. The fourth-order valence-corrected chi connectivity index (χ4v) is 5.62. The second-order valence-corrected chi connectivity index (χ2v) is 11.9. The molecule has 1 fully saturated rings. The smallest absolute Gasteiger partial charge is 0.328 e. The highest BCUT2D eigenvalue weighted by molar-refractivity contribution is 8.01. The molecule has 0 spiro atoms. The molecule has 2 N–H and O–H groups in total. The van der Waals surface area contributed by atoms with Gasteiger partial charge in [-0.25, -0.2) is 9.78 Å². The van der Waals surface area contributed by atoms with Gasteiger partial charge in [0.2, 0.25) is 0 Å². The number of carbonyl (C=O) groups excluding carboxylic acids is 1. The molecule has 0 radical (unpaired) electrons. The van der Waals surface area contributed by atoms with Crippen molar-refractivity contribution < 1.29 is 14.7 Å².